The minimum atomic E-state index is -0.421. The maximum absolute atomic E-state index is 12.1. The summed E-state index contributed by atoms with van der Waals surface area (Å²) in [6.07, 6.45) is 0. The summed E-state index contributed by atoms with van der Waals surface area (Å²) >= 11 is 6.49. The molecule has 1 aromatic carbocycles. The summed E-state index contributed by atoms with van der Waals surface area (Å²) in [6, 6.07) is 5.52. The van der Waals surface area contributed by atoms with Crippen molar-refractivity contribution in [3.05, 3.63) is 38.5 Å². The molecule has 0 saturated carbocycles. The van der Waals surface area contributed by atoms with Gasteiger partial charge in [-0.15, -0.1) is 0 Å². The topological polar surface area (TPSA) is 88.6 Å². The number of carbonyl (C=O) groups is 1. The number of fused-ring (bicyclic) bond motifs is 1. The summed E-state index contributed by atoms with van der Waals surface area (Å²) in [7, 11) is 0. The normalized spacial score (nSPS) is 13.8. The molecule has 1 aliphatic heterocycles. The van der Waals surface area contributed by atoms with Gasteiger partial charge in [-0.2, -0.15) is 10.2 Å². The quantitative estimate of drug-likeness (QED) is 0.563. The van der Waals surface area contributed by atoms with Crippen LogP contribution in [0.25, 0.3) is 0 Å². The van der Waals surface area contributed by atoms with E-state index in [1.54, 1.807) is 6.92 Å². The second-order valence-electron chi connectivity index (χ2n) is 4.70. The number of aromatic amines is 1. The van der Waals surface area contributed by atoms with Crippen molar-refractivity contribution in [1.82, 2.24) is 15.6 Å². The molecule has 0 atom stereocenters. The molecule has 0 saturated heterocycles. The molecule has 9 heteroatoms. The van der Waals surface area contributed by atoms with Crippen molar-refractivity contribution in [2.24, 2.45) is 5.10 Å². The van der Waals surface area contributed by atoms with Crippen LogP contribution in [0.4, 0.5) is 0 Å². The lowest BCUT2D eigenvalue weighted by molar-refractivity contribution is 0.0949. The van der Waals surface area contributed by atoms with Gasteiger partial charge in [-0.05, 0) is 57.0 Å². The number of nitrogens with zero attached hydrogens (tertiary/aromatic N) is 2. The molecular formula is C14H12Br2N4O3. The average molecular weight is 444 g/mol. The molecule has 0 fully saturated rings. The summed E-state index contributed by atoms with van der Waals surface area (Å²) in [4.78, 5) is 12.1. The van der Waals surface area contributed by atoms with Gasteiger partial charge in [-0.1, -0.05) is 0 Å². The Morgan fingerprint density at radius 1 is 1.30 bits per heavy atom. The fourth-order valence-electron chi connectivity index (χ4n) is 1.98. The Labute approximate surface area is 148 Å². The number of halogens is 2. The van der Waals surface area contributed by atoms with Gasteiger partial charge in [-0.3, -0.25) is 9.89 Å². The highest BCUT2D eigenvalue weighted by atomic mass is 79.9. The van der Waals surface area contributed by atoms with E-state index in [4.69, 9.17) is 9.47 Å². The van der Waals surface area contributed by atoms with E-state index >= 15 is 0 Å². The van der Waals surface area contributed by atoms with Gasteiger partial charge in [0.1, 0.15) is 17.8 Å². The molecule has 0 aliphatic carbocycles. The number of hydrogen-bond donors (Lipinski definition) is 2. The molecule has 120 valence electrons. The lowest BCUT2D eigenvalue weighted by Gasteiger charge is -2.18. The van der Waals surface area contributed by atoms with E-state index in [-0.39, 0.29) is 5.69 Å². The number of hydrazone groups is 1. The number of rotatable bonds is 3. The SMILES string of the molecule is C/C(=N/NC(=O)c1n[nH]c(Br)c1Br)c1ccc2c(c1)OCCO2. The average Bonchev–Trinajstić information content (AvgIpc) is 2.91. The molecule has 7 nitrogen and oxygen atoms in total. The maximum Gasteiger partial charge on any atom is 0.293 e. The predicted octanol–water partition coefficient (Wildman–Crippen LogP) is 2.86. The van der Waals surface area contributed by atoms with Crippen LogP contribution in [0.5, 0.6) is 11.5 Å². The van der Waals surface area contributed by atoms with Crippen LogP contribution >= 0.6 is 31.9 Å². The molecule has 0 bridgehead atoms. The number of ether oxygens (including phenoxy) is 2. The molecular weight excluding hydrogens is 432 g/mol. The first kappa shape index (κ1) is 16.0. The largest absolute Gasteiger partial charge is 0.486 e. The summed E-state index contributed by atoms with van der Waals surface area (Å²) in [6.45, 7) is 2.86. The van der Waals surface area contributed by atoms with Gasteiger partial charge < -0.3 is 9.47 Å². The Morgan fingerprint density at radius 2 is 2.04 bits per heavy atom. The van der Waals surface area contributed by atoms with Gasteiger partial charge in [0, 0.05) is 5.56 Å². The number of nitrogens with one attached hydrogen (secondary N) is 2. The highest BCUT2D eigenvalue weighted by molar-refractivity contribution is 9.13. The number of carbonyl (C=O) groups excluding carboxylic acids is 1. The zero-order valence-electron chi connectivity index (χ0n) is 12.0. The molecule has 2 heterocycles. The maximum atomic E-state index is 12.1. The summed E-state index contributed by atoms with van der Waals surface area (Å²) in [5.41, 5.74) is 4.16. The molecule has 1 amide bonds. The molecule has 3 rings (SSSR count). The van der Waals surface area contributed by atoms with Crippen LogP contribution in [-0.2, 0) is 0 Å². The van der Waals surface area contributed by atoms with Crippen molar-refractivity contribution in [3.63, 3.8) is 0 Å². The number of benzene rings is 1. The van der Waals surface area contributed by atoms with Crippen molar-refractivity contribution in [2.75, 3.05) is 13.2 Å². The van der Waals surface area contributed by atoms with Crippen molar-refractivity contribution in [1.29, 1.82) is 0 Å². The molecule has 0 unspecified atom stereocenters. The van der Waals surface area contributed by atoms with Crippen molar-refractivity contribution in [2.45, 2.75) is 6.92 Å². The number of aromatic nitrogens is 2. The Hall–Kier alpha value is -1.87. The Kier molecular flexibility index (Phi) is 4.67. The molecule has 1 aliphatic rings. The Bertz CT molecular complexity index is 788. The second-order valence-corrected chi connectivity index (χ2v) is 6.28. The van der Waals surface area contributed by atoms with E-state index in [2.05, 4.69) is 52.6 Å². The van der Waals surface area contributed by atoms with Crippen molar-refractivity contribution >= 4 is 43.5 Å². The number of amides is 1. The van der Waals surface area contributed by atoms with Gasteiger partial charge in [0.05, 0.1) is 10.2 Å². The predicted molar refractivity (Wildman–Crippen MR) is 91.1 cm³/mol. The smallest absolute Gasteiger partial charge is 0.293 e. The van der Waals surface area contributed by atoms with E-state index < -0.39 is 5.91 Å². The first-order chi connectivity index (χ1) is 11.1. The van der Waals surface area contributed by atoms with Crippen LogP contribution in [0, 0.1) is 0 Å². The van der Waals surface area contributed by atoms with Crippen LogP contribution in [0.1, 0.15) is 23.0 Å². The molecule has 23 heavy (non-hydrogen) atoms. The monoisotopic (exact) mass is 442 g/mol. The first-order valence-electron chi connectivity index (χ1n) is 6.70. The van der Waals surface area contributed by atoms with Crippen LogP contribution < -0.4 is 14.9 Å². The van der Waals surface area contributed by atoms with Gasteiger partial charge in [0.15, 0.2) is 17.2 Å². The molecule has 1 aromatic heterocycles. The van der Waals surface area contributed by atoms with E-state index in [0.717, 1.165) is 5.56 Å². The zero-order chi connectivity index (χ0) is 16.4. The standard InChI is InChI=1S/C14H12Br2N4O3/c1-7(8-2-3-9-10(6-8)23-5-4-22-9)17-20-14(21)12-11(15)13(16)19-18-12/h2-3,6H,4-5H2,1H3,(H,18,19)(H,20,21)/b17-7-. The third-order valence-corrected chi connectivity index (χ3v) is 5.04. The van der Waals surface area contributed by atoms with Gasteiger partial charge in [0.25, 0.3) is 5.91 Å². The molecule has 2 N–H and O–H groups in total. The summed E-state index contributed by atoms with van der Waals surface area (Å²) in [5, 5.41) is 10.6. The van der Waals surface area contributed by atoms with E-state index in [0.29, 0.717) is 39.5 Å². The lowest BCUT2D eigenvalue weighted by atomic mass is 10.1. The zero-order valence-corrected chi connectivity index (χ0v) is 15.2. The fraction of sp³-hybridized carbons (Fsp3) is 0.214. The molecule has 2 aromatic rings. The summed E-state index contributed by atoms with van der Waals surface area (Å²) in [5.74, 6) is 0.964. The summed E-state index contributed by atoms with van der Waals surface area (Å²) < 4.78 is 12.1. The lowest BCUT2D eigenvalue weighted by Crippen LogP contribution is -2.20. The van der Waals surface area contributed by atoms with E-state index in [1.165, 1.54) is 0 Å². The third kappa shape index (κ3) is 3.40. The van der Waals surface area contributed by atoms with Crippen LogP contribution in [0.3, 0.4) is 0 Å². The Morgan fingerprint density at radius 3 is 2.74 bits per heavy atom. The Balaban J connectivity index is 1.75. The minimum absolute atomic E-state index is 0.218. The van der Waals surface area contributed by atoms with Crippen LogP contribution in [-0.4, -0.2) is 35.0 Å². The third-order valence-electron chi connectivity index (χ3n) is 3.17. The van der Waals surface area contributed by atoms with Gasteiger partial charge in [-0.25, -0.2) is 5.43 Å². The van der Waals surface area contributed by atoms with E-state index in [1.807, 2.05) is 18.2 Å². The molecule has 0 radical (unpaired) electrons. The number of hydrogen-bond acceptors (Lipinski definition) is 5. The molecule has 0 spiro atoms. The van der Waals surface area contributed by atoms with Crippen molar-refractivity contribution < 1.29 is 14.3 Å². The highest BCUT2D eigenvalue weighted by Crippen LogP contribution is 2.30. The van der Waals surface area contributed by atoms with E-state index in [9.17, 15) is 4.79 Å². The minimum Gasteiger partial charge on any atom is -0.486 e. The first-order valence-corrected chi connectivity index (χ1v) is 8.29. The van der Waals surface area contributed by atoms with Crippen molar-refractivity contribution in [3.8, 4) is 11.5 Å². The van der Waals surface area contributed by atoms with Gasteiger partial charge >= 0.3 is 0 Å². The second kappa shape index (κ2) is 6.71. The fourth-order valence-corrected chi connectivity index (χ4v) is 2.61. The van der Waals surface area contributed by atoms with Crippen LogP contribution in [0.2, 0.25) is 0 Å². The number of H-pyrrole nitrogens is 1. The van der Waals surface area contributed by atoms with Crippen LogP contribution in [0.15, 0.2) is 32.4 Å². The highest BCUT2D eigenvalue weighted by Gasteiger charge is 2.16. The van der Waals surface area contributed by atoms with Gasteiger partial charge in [0.2, 0.25) is 0 Å².